The number of aliphatic hydroxyl groups excluding tert-OH is 1. The summed E-state index contributed by atoms with van der Waals surface area (Å²) in [6.45, 7) is 12.5. The highest BCUT2D eigenvalue weighted by molar-refractivity contribution is 5.99. The van der Waals surface area contributed by atoms with Crippen LogP contribution in [0, 0.1) is 23.6 Å². The molecule has 0 unspecified atom stereocenters. The van der Waals surface area contributed by atoms with Crippen LogP contribution in [0.3, 0.4) is 0 Å². The molecule has 0 fully saturated rings. The molecule has 0 saturated heterocycles. The third-order valence-corrected chi connectivity index (χ3v) is 10.7. The van der Waals surface area contributed by atoms with E-state index < -0.39 is 162 Å². The van der Waals surface area contributed by atoms with E-state index in [0.717, 1.165) is 6.92 Å². The van der Waals surface area contributed by atoms with Gasteiger partial charge in [-0.15, -0.1) is 0 Å². The van der Waals surface area contributed by atoms with E-state index in [1.807, 2.05) is 0 Å². The molecular formula is C45H69FN10O15. The number of nitrogens with one attached hydrogen (secondary N) is 9. The number of primary amides is 1. The maximum absolute atomic E-state index is 13.8. The molecule has 1 rings (SSSR count). The first-order valence-electron chi connectivity index (χ1n) is 22.8. The molecule has 1 aromatic rings. The fraction of sp³-hybridized carbons (Fsp3) is 0.600. The number of nitrogens with two attached hydrogens (primary N) is 1. The maximum atomic E-state index is 13.8. The lowest BCUT2D eigenvalue weighted by atomic mass is 9.95. The van der Waals surface area contributed by atoms with Gasteiger partial charge in [-0.2, -0.15) is 0 Å². The van der Waals surface area contributed by atoms with E-state index in [-0.39, 0.29) is 25.2 Å². The van der Waals surface area contributed by atoms with Crippen LogP contribution in [0.1, 0.15) is 93.6 Å². The van der Waals surface area contributed by atoms with Gasteiger partial charge in [-0.3, -0.25) is 52.7 Å². The molecule has 14 N–H and O–H groups in total. The van der Waals surface area contributed by atoms with E-state index in [4.69, 9.17) is 5.73 Å². The number of carboxylic acid groups (broad SMARTS) is 2. The van der Waals surface area contributed by atoms with Crippen molar-refractivity contribution in [3.05, 3.63) is 35.6 Å². The molecule has 10 atom stereocenters. The summed E-state index contributed by atoms with van der Waals surface area (Å²) in [5, 5.41) is 50.5. The van der Waals surface area contributed by atoms with Crippen molar-refractivity contribution in [1.82, 2.24) is 47.9 Å². The zero-order chi connectivity index (χ0) is 54.4. The van der Waals surface area contributed by atoms with Crippen molar-refractivity contribution in [3.8, 4) is 0 Å². The number of halogens is 1. The molecular weight excluding hydrogens is 940 g/mol. The lowest BCUT2D eigenvalue weighted by molar-refractivity contribution is -0.144. The Bertz CT molecular complexity index is 2090. The molecule has 0 radical (unpaired) electrons. The van der Waals surface area contributed by atoms with E-state index in [0.29, 0.717) is 5.56 Å². The van der Waals surface area contributed by atoms with Gasteiger partial charge >= 0.3 is 11.9 Å². The molecule has 0 aliphatic rings. The number of rotatable bonds is 30. The first-order valence-corrected chi connectivity index (χ1v) is 22.8. The monoisotopic (exact) mass is 1010 g/mol. The van der Waals surface area contributed by atoms with E-state index in [1.54, 1.807) is 27.7 Å². The number of carboxylic acids is 2. The molecule has 0 heterocycles. The van der Waals surface area contributed by atoms with Crippen molar-refractivity contribution in [1.29, 1.82) is 0 Å². The number of carbonyl (C=O) groups excluding carboxylic acids is 10. The van der Waals surface area contributed by atoms with Gasteiger partial charge < -0.3 is 68.9 Å². The Morgan fingerprint density at radius 2 is 1.08 bits per heavy atom. The Balaban J connectivity index is 3.15. The summed E-state index contributed by atoms with van der Waals surface area (Å²) in [5.74, 6) is -14.9. The molecule has 0 aliphatic carbocycles. The Kier molecular flexibility index (Phi) is 25.8. The van der Waals surface area contributed by atoms with Crippen molar-refractivity contribution in [2.24, 2.45) is 23.5 Å². The summed E-state index contributed by atoms with van der Waals surface area (Å²) in [6, 6.07) is -7.03. The molecule has 0 aliphatic heterocycles. The van der Waals surface area contributed by atoms with Crippen LogP contribution in [-0.2, 0) is 64.0 Å². The topological polar surface area (TPSA) is 400 Å². The van der Waals surface area contributed by atoms with Crippen LogP contribution in [0.4, 0.5) is 4.39 Å². The van der Waals surface area contributed by atoms with Gasteiger partial charge in [-0.1, -0.05) is 60.1 Å². The third-order valence-electron chi connectivity index (χ3n) is 10.7. The second kappa shape index (κ2) is 29.7. The average Bonchev–Trinajstić information content (AvgIpc) is 3.26. The number of aliphatic carboxylic acids is 2. The molecule has 0 spiro atoms. The molecule has 0 aromatic heterocycles. The van der Waals surface area contributed by atoms with Crippen molar-refractivity contribution in [2.45, 2.75) is 149 Å². The summed E-state index contributed by atoms with van der Waals surface area (Å²) < 4.78 is 13.4. The minimum Gasteiger partial charge on any atom is -0.481 e. The lowest BCUT2D eigenvalue weighted by Gasteiger charge is -2.30. The molecule has 1 aromatic carbocycles. The van der Waals surface area contributed by atoms with Gasteiger partial charge in [0.05, 0.1) is 25.5 Å². The average molecular weight is 1010 g/mol. The van der Waals surface area contributed by atoms with Crippen molar-refractivity contribution >= 4 is 71.0 Å². The Hall–Kier alpha value is -7.25. The fourth-order valence-electron chi connectivity index (χ4n) is 6.66. The minimum atomic E-state index is -1.88. The standard InChI is InChI=1S/C45H69FN10O15/c1-10-22(6)36(43(68)52-29(17-32(47)59)40(65)51-30(18-34(61)62)41(66)53-31(45(70)71)15-20(2)3)56-42(67)35(21(4)5)55-44(69)37(24(8)57)54-33(60)19-48-38(63)23(7)49-39(64)28(50-25(9)58)16-26-11-13-27(46)14-12-26/h11-14,20-24,28-31,35-37,57H,10,15-19H2,1-9H3,(H2,47,59)(H,48,63)(H,49,64)(H,50,58)(H,51,65)(H,52,68)(H,53,66)(H,54,60)(H,55,69)(H,56,67)(H,61,62)(H,70,71)/t22-,23+,24-,28+,29+,30+,31+,35+,36+,37+/m1/s1. The summed E-state index contributed by atoms with van der Waals surface area (Å²) in [5.41, 5.74) is 5.86. The van der Waals surface area contributed by atoms with E-state index >= 15 is 0 Å². The Morgan fingerprint density at radius 3 is 1.56 bits per heavy atom. The van der Waals surface area contributed by atoms with Crippen LogP contribution < -0.4 is 53.6 Å². The quantitative estimate of drug-likeness (QED) is 0.0365. The van der Waals surface area contributed by atoms with Gasteiger partial charge in [0.2, 0.25) is 59.1 Å². The smallest absolute Gasteiger partial charge is 0.326 e. The molecule has 71 heavy (non-hydrogen) atoms. The number of carbonyl (C=O) groups is 12. The maximum Gasteiger partial charge on any atom is 0.326 e. The Labute approximate surface area is 409 Å². The van der Waals surface area contributed by atoms with Gasteiger partial charge in [-0.05, 0) is 55.7 Å². The van der Waals surface area contributed by atoms with E-state index in [1.165, 1.54) is 52.0 Å². The van der Waals surface area contributed by atoms with Gasteiger partial charge in [0.1, 0.15) is 54.2 Å². The summed E-state index contributed by atoms with van der Waals surface area (Å²) in [4.78, 5) is 154. The lowest BCUT2D eigenvalue weighted by Crippen LogP contribution is -2.62. The van der Waals surface area contributed by atoms with Crippen LogP contribution in [0.15, 0.2) is 24.3 Å². The summed E-state index contributed by atoms with van der Waals surface area (Å²) >= 11 is 0. The molecule has 26 heteroatoms. The van der Waals surface area contributed by atoms with Crippen LogP contribution in [0.2, 0.25) is 0 Å². The predicted octanol–water partition coefficient (Wildman–Crippen LogP) is -3.03. The SMILES string of the molecule is CC[C@@H](C)[C@H](NC(=O)[C@@H](NC(=O)[C@@H](NC(=O)CNC(=O)[C@H](C)NC(=O)[C@H](Cc1ccc(F)cc1)NC(C)=O)[C@@H](C)O)C(C)C)C(=O)N[C@@H](CC(N)=O)C(=O)N[C@@H](CC(=O)O)C(=O)N[C@@H](CC(C)C)C(=O)O. The van der Waals surface area contributed by atoms with Crippen LogP contribution >= 0.6 is 0 Å². The van der Waals surface area contributed by atoms with Crippen LogP contribution in [-0.4, -0.2) is 147 Å². The summed E-state index contributed by atoms with van der Waals surface area (Å²) in [6.07, 6.45) is -3.33. The number of aliphatic hydroxyl groups is 1. The first-order chi connectivity index (χ1) is 33.0. The second-order valence-corrected chi connectivity index (χ2v) is 17.8. The van der Waals surface area contributed by atoms with Gasteiger partial charge in [0, 0.05) is 13.3 Å². The third kappa shape index (κ3) is 22.4. The predicted molar refractivity (Wildman–Crippen MR) is 249 cm³/mol. The van der Waals surface area contributed by atoms with E-state index in [2.05, 4.69) is 47.9 Å². The molecule has 25 nitrogen and oxygen atoms in total. The first kappa shape index (κ1) is 61.8. The van der Waals surface area contributed by atoms with Crippen molar-refractivity contribution < 1.29 is 77.2 Å². The zero-order valence-corrected chi connectivity index (χ0v) is 41.2. The molecule has 0 bridgehead atoms. The fourth-order valence-corrected chi connectivity index (χ4v) is 6.66. The Morgan fingerprint density at radius 1 is 0.592 bits per heavy atom. The number of hydrogen-bond donors (Lipinski definition) is 13. The summed E-state index contributed by atoms with van der Waals surface area (Å²) in [7, 11) is 0. The van der Waals surface area contributed by atoms with E-state index in [9.17, 15) is 77.2 Å². The normalized spacial score (nSPS) is 15.3. The van der Waals surface area contributed by atoms with Crippen molar-refractivity contribution in [2.75, 3.05) is 6.54 Å². The van der Waals surface area contributed by atoms with Crippen LogP contribution in [0.5, 0.6) is 0 Å². The van der Waals surface area contributed by atoms with Gasteiger partial charge in [-0.25, -0.2) is 9.18 Å². The largest absolute Gasteiger partial charge is 0.481 e. The second-order valence-electron chi connectivity index (χ2n) is 17.8. The molecule has 396 valence electrons. The van der Waals surface area contributed by atoms with Crippen LogP contribution in [0.25, 0.3) is 0 Å². The number of amides is 10. The highest BCUT2D eigenvalue weighted by Gasteiger charge is 2.37. The highest BCUT2D eigenvalue weighted by Crippen LogP contribution is 2.13. The number of hydrogen-bond acceptors (Lipinski definition) is 13. The van der Waals surface area contributed by atoms with Gasteiger partial charge in [0.25, 0.3) is 0 Å². The molecule has 0 saturated carbocycles. The minimum absolute atomic E-state index is 0.0419. The highest BCUT2D eigenvalue weighted by atomic mass is 19.1. The zero-order valence-electron chi connectivity index (χ0n) is 41.2. The number of benzene rings is 1. The van der Waals surface area contributed by atoms with Crippen molar-refractivity contribution in [3.63, 3.8) is 0 Å². The van der Waals surface area contributed by atoms with Gasteiger partial charge in [0.15, 0.2) is 0 Å². The molecule has 10 amide bonds.